The van der Waals surface area contributed by atoms with Crippen molar-refractivity contribution in [1.82, 2.24) is 4.90 Å². The van der Waals surface area contributed by atoms with Crippen LogP contribution in [0.3, 0.4) is 0 Å². The van der Waals surface area contributed by atoms with E-state index in [1.54, 1.807) is 0 Å². The van der Waals surface area contributed by atoms with Crippen molar-refractivity contribution < 1.29 is 0 Å². The Labute approximate surface area is 96.0 Å². The minimum Gasteiger partial charge on any atom is -0.398 e. The molecule has 1 aliphatic rings. The van der Waals surface area contributed by atoms with E-state index in [0.29, 0.717) is 16.8 Å². The normalized spacial score (nSPS) is 22.1. The lowest BCUT2D eigenvalue weighted by atomic mass is 10.2. The highest BCUT2D eigenvalue weighted by Gasteiger charge is 2.19. The molecular weight excluding hydrogens is 208 g/mol. The van der Waals surface area contributed by atoms with Crippen LogP contribution in [0.5, 0.6) is 0 Å². The lowest BCUT2D eigenvalue weighted by molar-refractivity contribution is 0.260. The van der Waals surface area contributed by atoms with Gasteiger partial charge in [-0.2, -0.15) is 0 Å². The van der Waals surface area contributed by atoms with Crippen LogP contribution in [0.25, 0.3) is 0 Å². The second kappa shape index (κ2) is 4.42. The van der Waals surface area contributed by atoms with Crippen molar-refractivity contribution in [3.05, 3.63) is 28.8 Å². The first-order valence-electron chi connectivity index (χ1n) is 5.45. The standard InChI is InChI=1S/C12H17ClN2/c1-9-3-2-6-15(9)8-10-4-5-12(14)11(13)7-10/h4-5,7,9H,2-3,6,8,14H2,1H3. The molecule has 1 heterocycles. The van der Waals surface area contributed by atoms with Gasteiger partial charge in [0.05, 0.1) is 10.7 Å². The third-order valence-corrected chi connectivity index (χ3v) is 3.47. The maximum absolute atomic E-state index is 5.99. The number of likely N-dealkylation sites (tertiary alicyclic amines) is 1. The molecule has 1 aromatic carbocycles. The van der Waals surface area contributed by atoms with Crippen LogP contribution in [-0.2, 0) is 6.54 Å². The molecule has 0 bridgehead atoms. The molecule has 1 saturated heterocycles. The highest BCUT2D eigenvalue weighted by molar-refractivity contribution is 6.33. The summed E-state index contributed by atoms with van der Waals surface area (Å²) in [6, 6.07) is 6.62. The lowest BCUT2D eigenvalue weighted by Gasteiger charge is -2.21. The van der Waals surface area contributed by atoms with Gasteiger partial charge in [0.2, 0.25) is 0 Å². The molecule has 0 saturated carbocycles. The molecule has 0 aromatic heterocycles. The van der Waals surface area contributed by atoms with E-state index in [1.165, 1.54) is 24.9 Å². The molecule has 2 rings (SSSR count). The zero-order chi connectivity index (χ0) is 10.8. The van der Waals surface area contributed by atoms with Gasteiger partial charge in [-0.15, -0.1) is 0 Å². The second-order valence-corrected chi connectivity index (χ2v) is 4.72. The van der Waals surface area contributed by atoms with Crippen LogP contribution in [0, 0.1) is 0 Å². The Morgan fingerprint density at radius 3 is 2.93 bits per heavy atom. The molecule has 2 N–H and O–H groups in total. The monoisotopic (exact) mass is 224 g/mol. The number of hydrogen-bond acceptors (Lipinski definition) is 2. The van der Waals surface area contributed by atoms with E-state index in [-0.39, 0.29) is 0 Å². The maximum Gasteiger partial charge on any atom is 0.0638 e. The topological polar surface area (TPSA) is 29.3 Å². The largest absolute Gasteiger partial charge is 0.398 e. The summed E-state index contributed by atoms with van der Waals surface area (Å²) < 4.78 is 0. The van der Waals surface area contributed by atoms with E-state index in [0.717, 1.165) is 6.54 Å². The highest BCUT2D eigenvalue weighted by atomic mass is 35.5. The van der Waals surface area contributed by atoms with Gasteiger partial charge in [-0.3, -0.25) is 4.90 Å². The quantitative estimate of drug-likeness (QED) is 0.783. The van der Waals surface area contributed by atoms with Crippen LogP contribution in [0.1, 0.15) is 25.3 Å². The SMILES string of the molecule is CC1CCCN1Cc1ccc(N)c(Cl)c1. The van der Waals surface area contributed by atoms with Crippen LogP contribution in [0.15, 0.2) is 18.2 Å². The van der Waals surface area contributed by atoms with Crippen molar-refractivity contribution in [2.24, 2.45) is 0 Å². The molecule has 1 fully saturated rings. The Morgan fingerprint density at radius 2 is 2.33 bits per heavy atom. The van der Waals surface area contributed by atoms with E-state index in [9.17, 15) is 0 Å². The van der Waals surface area contributed by atoms with Crippen LogP contribution in [-0.4, -0.2) is 17.5 Å². The minimum atomic E-state index is 0.662. The summed E-state index contributed by atoms with van der Waals surface area (Å²) in [5.41, 5.74) is 7.59. The van der Waals surface area contributed by atoms with Gasteiger partial charge in [0.25, 0.3) is 0 Å². The smallest absolute Gasteiger partial charge is 0.0638 e. The fourth-order valence-electron chi connectivity index (χ4n) is 2.13. The van der Waals surface area contributed by atoms with E-state index in [2.05, 4.69) is 17.9 Å². The maximum atomic E-state index is 5.99. The molecule has 0 aliphatic carbocycles. The first-order valence-corrected chi connectivity index (χ1v) is 5.82. The van der Waals surface area contributed by atoms with Gasteiger partial charge < -0.3 is 5.73 Å². The third-order valence-electron chi connectivity index (χ3n) is 3.14. The van der Waals surface area contributed by atoms with E-state index >= 15 is 0 Å². The predicted octanol–water partition coefficient (Wildman–Crippen LogP) is 2.91. The molecule has 82 valence electrons. The summed E-state index contributed by atoms with van der Waals surface area (Å²) in [5.74, 6) is 0. The Balaban J connectivity index is 2.07. The average molecular weight is 225 g/mol. The fraction of sp³-hybridized carbons (Fsp3) is 0.500. The summed E-state index contributed by atoms with van der Waals surface area (Å²) in [7, 11) is 0. The Bertz CT molecular complexity index is 351. The van der Waals surface area contributed by atoms with Gasteiger partial charge in [0.1, 0.15) is 0 Å². The van der Waals surface area contributed by atoms with Crippen molar-refractivity contribution >= 4 is 17.3 Å². The van der Waals surface area contributed by atoms with Crippen LogP contribution in [0.4, 0.5) is 5.69 Å². The number of nitrogen functional groups attached to an aromatic ring is 1. The molecule has 1 unspecified atom stereocenters. The number of halogens is 1. The number of benzene rings is 1. The summed E-state index contributed by atoms with van der Waals surface area (Å²) >= 11 is 5.99. The summed E-state index contributed by atoms with van der Waals surface area (Å²) in [4.78, 5) is 2.49. The van der Waals surface area contributed by atoms with E-state index < -0.39 is 0 Å². The highest BCUT2D eigenvalue weighted by Crippen LogP contribution is 2.23. The minimum absolute atomic E-state index is 0.662. The average Bonchev–Trinajstić information content (AvgIpc) is 2.59. The lowest BCUT2D eigenvalue weighted by Crippen LogP contribution is -2.26. The third kappa shape index (κ3) is 2.44. The first-order chi connectivity index (χ1) is 7.16. The van der Waals surface area contributed by atoms with Crippen molar-refractivity contribution in [3.63, 3.8) is 0 Å². The van der Waals surface area contributed by atoms with Gasteiger partial charge in [0, 0.05) is 12.6 Å². The fourth-order valence-corrected chi connectivity index (χ4v) is 2.33. The number of rotatable bonds is 2. The predicted molar refractivity (Wildman–Crippen MR) is 65.0 cm³/mol. The number of nitrogens with two attached hydrogens (primary N) is 1. The molecule has 0 radical (unpaired) electrons. The number of nitrogens with zero attached hydrogens (tertiary/aromatic N) is 1. The molecule has 3 heteroatoms. The molecule has 1 aromatic rings. The van der Waals surface area contributed by atoms with Gasteiger partial charge in [-0.05, 0) is 44.0 Å². The van der Waals surface area contributed by atoms with Gasteiger partial charge in [-0.1, -0.05) is 17.7 Å². The van der Waals surface area contributed by atoms with Crippen molar-refractivity contribution in [1.29, 1.82) is 0 Å². The number of hydrogen-bond donors (Lipinski definition) is 1. The van der Waals surface area contributed by atoms with Crippen molar-refractivity contribution in [2.45, 2.75) is 32.4 Å². The summed E-state index contributed by atoms with van der Waals surface area (Å²) in [5, 5.41) is 0.666. The van der Waals surface area contributed by atoms with Crippen molar-refractivity contribution in [2.75, 3.05) is 12.3 Å². The summed E-state index contributed by atoms with van der Waals surface area (Å²) in [6.07, 6.45) is 2.62. The Hall–Kier alpha value is -0.730. The molecule has 15 heavy (non-hydrogen) atoms. The zero-order valence-electron chi connectivity index (χ0n) is 9.04. The van der Waals surface area contributed by atoms with Crippen LogP contribution in [0.2, 0.25) is 5.02 Å². The molecule has 2 nitrogen and oxygen atoms in total. The molecule has 0 amide bonds. The van der Waals surface area contributed by atoms with Gasteiger partial charge in [0.15, 0.2) is 0 Å². The van der Waals surface area contributed by atoms with Gasteiger partial charge >= 0.3 is 0 Å². The molecular formula is C12H17ClN2. The van der Waals surface area contributed by atoms with Crippen LogP contribution < -0.4 is 5.73 Å². The summed E-state index contributed by atoms with van der Waals surface area (Å²) in [6.45, 7) is 4.47. The van der Waals surface area contributed by atoms with E-state index in [4.69, 9.17) is 17.3 Å². The first kappa shape index (κ1) is 10.8. The van der Waals surface area contributed by atoms with Crippen molar-refractivity contribution in [3.8, 4) is 0 Å². The molecule has 1 aliphatic heterocycles. The second-order valence-electron chi connectivity index (χ2n) is 4.32. The Morgan fingerprint density at radius 1 is 1.53 bits per heavy atom. The number of anilines is 1. The Kier molecular flexibility index (Phi) is 3.17. The zero-order valence-corrected chi connectivity index (χ0v) is 9.80. The molecule has 0 spiro atoms. The van der Waals surface area contributed by atoms with E-state index in [1.807, 2.05) is 12.1 Å². The van der Waals surface area contributed by atoms with Gasteiger partial charge in [-0.25, -0.2) is 0 Å². The molecule has 1 atom stereocenters. The van der Waals surface area contributed by atoms with Crippen LogP contribution >= 0.6 is 11.6 Å².